The number of hydrogen-bond donors (Lipinski definition) is 2. The van der Waals surface area contributed by atoms with Gasteiger partial charge in [0.2, 0.25) is 0 Å². The number of fused-ring (bicyclic) bond motifs is 2. The summed E-state index contributed by atoms with van der Waals surface area (Å²) in [6.45, 7) is 4.52. The molecule has 1 saturated heterocycles. The van der Waals surface area contributed by atoms with Crippen molar-refractivity contribution >= 4 is 32.6 Å². The maximum Gasteiger partial charge on any atom is 0.251 e. The molecule has 1 aromatic heterocycles. The second-order valence-electron chi connectivity index (χ2n) is 7.12. The van der Waals surface area contributed by atoms with E-state index in [2.05, 4.69) is 15.5 Å². The molecule has 0 radical (unpaired) electrons. The molecule has 1 fully saturated rings. The lowest BCUT2D eigenvalue weighted by Gasteiger charge is -2.26. The SMILES string of the molecule is O=C(N[C@@H]1CCOc2ccccc21)c1ccc2nc(N3CCNCC3)sc2c1. The van der Waals surface area contributed by atoms with E-state index in [1.54, 1.807) is 11.3 Å². The van der Waals surface area contributed by atoms with Gasteiger partial charge in [-0.25, -0.2) is 4.98 Å². The lowest BCUT2D eigenvalue weighted by atomic mass is 10.00. The molecule has 0 saturated carbocycles. The highest BCUT2D eigenvalue weighted by atomic mass is 32.1. The fourth-order valence-electron chi connectivity index (χ4n) is 3.78. The van der Waals surface area contributed by atoms with Gasteiger partial charge in [-0.3, -0.25) is 4.79 Å². The molecule has 0 spiro atoms. The molecule has 6 nitrogen and oxygen atoms in total. The van der Waals surface area contributed by atoms with Gasteiger partial charge >= 0.3 is 0 Å². The molecule has 1 atom stereocenters. The Morgan fingerprint density at radius 3 is 2.96 bits per heavy atom. The molecule has 3 heterocycles. The third-order valence-corrected chi connectivity index (χ3v) is 6.37. The van der Waals surface area contributed by atoms with Gasteiger partial charge in [-0.05, 0) is 24.3 Å². The van der Waals surface area contributed by atoms with E-state index in [9.17, 15) is 4.79 Å². The van der Waals surface area contributed by atoms with Crippen LogP contribution in [0.15, 0.2) is 42.5 Å². The van der Waals surface area contributed by atoms with Crippen LogP contribution < -0.4 is 20.3 Å². The third-order valence-electron chi connectivity index (χ3n) is 5.29. The van der Waals surface area contributed by atoms with E-state index in [4.69, 9.17) is 9.72 Å². The second kappa shape index (κ2) is 7.41. The maximum absolute atomic E-state index is 12.9. The van der Waals surface area contributed by atoms with E-state index in [0.717, 1.165) is 59.3 Å². The number of carbonyl (C=O) groups is 1. The number of carbonyl (C=O) groups excluding carboxylic acids is 1. The number of rotatable bonds is 3. The summed E-state index contributed by atoms with van der Waals surface area (Å²) in [5.41, 5.74) is 2.67. The molecular weight excluding hydrogens is 372 g/mol. The van der Waals surface area contributed by atoms with Crippen LogP contribution in [-0.2, 0) is 0 Å². The predicted molar refractivity (Wildman–Crippen MR) is 111 cm³/mol. The Morgan fingerprint density at radius 2 is 2.07 bits per heavy atom. The van der Waals surface area contributed by atoms with Crippen LogP contribution in [0, 0.1) is 0 Å². The summed E-state index contributed by atoms with van der Waals surface area (Å²) in [4.78, 5) is 19.9. The van der Waals surface area contributed by atoms with Gasteiger partial charge in [-0.15, -0.1) is 0 Å². The lowest BCUT2D eigenvalue weighted by molar-refractivity contribution is 0.0925. The van der Waals surface area contributed by atoms with Crippen molar-refractivity contribution in [1.82, 2.24) is 15.6 Å². The Kier molecular flexibility index (Phi) is 4.62. The normalized spacial score (nSPS) is 19.1. The minimum Gasteiger partial charge on any atom is -0.493 e. The topological polar surface area (TPSA) is 66.5 Å². The number of aromatic nitrogens is 1. The van der Waals surface area contributed by atoms with E-state index in [1.807, 2.05) is 42.5 Å². The fourth-order valence-corrected chi connectivity index (χ4v) is 4.84. The highest BCUT2D eigenvalue weighted by molar-refractivity contribution is 7.22. The van der Waals surface area contributed by atoms with Crippen LogP contribution in [-0.4, -0.2) is 43.7 Å². The van der Waals surface area contributed by atoms with Gasteiger partial charge in [0.05, 0.1) is 22.9 Å². The summed E-state index contributed by atoms with van der Waals surface area (Å²) >= 11 is 1.66. The molecule has 2 aliphatic rings. The van der Waals surface area contributed by atoms with Crippen LogP contribution in [0.2, 0.25) is 0 Å². The standard InChI is InChI=1S/C21H22N4O2S/c26-20(23-16-7-12-27-18-4-2-1-3-15(16)18)14-5-6-17-19(13-14)28-21(24-17)25-10-8-22-9-11-25/h1-6,13,16,22H,7-12H2,(H,23,26)/t16-/m1/s1. The molecule has 1 amide bonds. The summed E-state index contributed by atoms with van der Waals surface area (Å²) in [7, 11) is 0. The van der Waals surface area contributed by atoms with Crippen LogP contribution in [0.4, 0.5) is 5.13 Å². The monoisotopic (exact) mass is 394 g/mol. The Labute approximate surface area is 167 Å². The number of nitrogens with one attached hydrogen (secondary N) is 2. The quantitative estimate of drug-likeness (QED) is 0.715. The summed E-state index contributed by atoms with van der Waals surface area (Å²) < 4.78 is 6.74. The molecule has 3 aromatic rings. The van der Waals surface area contributed by atoms with E-state index in [0.29, 0.717) is 12.2 Å². The molecule has 28 heavy (non-hydrogen) atoms. The number of hydrogen-bond acceptors (Lipinski definition) is 6. The number of thiazole rings is 1. The van der Waals surface area contributed by atoms with Crippen LogP contribution >= 0.6 is 11.3 Å². The summed E-state index contributed by atoms with van der Waals surface area (Å²) in [5.74, 6) is 0.804. The van der Waals surface area contributed by atoms with Gasteiger partial charge in [-0.2, -0.15) is 0 Å². The van der Waals surface area contributed by atoms with Crippen molar-refractivity contribution in [2.24, 2.45) is 0 Å². The van der Waals surface area contributed by atoms with Crippen molar-refractivity contribution in [3.05, 3.63) is 53.6 Å². The van der Waals surface area contributed by atoms with E-state index >= 15 is 0 Å². The van der Waals surface area contributed by atoms with Crippen molar-refractivity contribution in [3.8, 4) is 5.75 Å². The molecule has 2 aliphatic heterocycles. The number of benzene rings is 2. The summed E-state index contributed by atoms with van der Waals surface area (Å²) in [5, 5.41) is 7.57. The van der Waals surface area contributed by atoms with Crippen molar-refractivity contribution < 1.29 is 9.53 Å². The molecule has 2 N–H and O–H groups in total. The van der Waals surface area contributed by atoms with Gasteiger partial charge in [0.1, 0.15) is 5.75 Å². The van der Waals surface area contributed by atoms with Crippen molar-refractivity contribution in [2.45, 2.75) is 12.5 Å². The average molecular weight is 395 g/mol. The van der Waals surface area contributed by atoms with E-state index in [1.165, 1.54) is 0 Å². The maximum atomic E-state index is 12.9. The van der Waals surface area contributed by atoms with Crippen LogP contribution in [0.3, 0.4) is 0 Å². The molecule has 0 bridgehead atoms. The highest BCUT2D eigenvalue weighted by Gasteiger charge is 2.23. The minimum atomic E-state index is -0.0549. The van der Waals surface area contributed by atoms with Crippen LogP contribution in [0.25, 0.3) is 10.2 Å². The molecule has 0 aliphatic carbocycles. The van der Waals surface area contributed by atoms with Gasteiger partial charge < -0.3 is 20.3 Å². The Bertz CT molecular complexity index is 1010. The minimum absolute atomic E-state index is 0.0222. The van der Waals surface area contributed by atoms with Crippen molar-refractivity contribution in [3.63, 3.8) is 0 Å². The fraction of sp³-hybridized carbons (Fsp3) is 0.333. The van der Waals surface area contributed by atoms with Gasteiger partial charge in [0.15, 0.2) is 5.13 Å². The van der Waals surface area contributed by atoms with Crippen molar-refractivity contribution in [2.75, 3.05) is 37.7 Å². The van der Waals surface area contributed by atoms with Crippen molar-refractivity contribution in [1.29, 1.82) is 0 Å². The zero-order chi connectivity index (χ0) is 18.9. The van der Waals surface area contributed by atoms with Crippen LogP contribution in [0.5, 0.6) is 5.75 Å². The first kappa shape index (κ1) is 17.5. The zero-order valence-electron chi connectivity index (χ0n) is 15.5. The Morgan fingerprint density at radius 1 is 1.21 bits per heavy atom. The molecule has 144 valence electrons. The number of anilines is 1. The van der Waals surface area contributed by atoms with Gasteiger partial charge in [-0.1, -0.05) is 29.5 Å². The number of ether oxygens (including phenoxy) is 1. The first-order chi connectivity index (χ1) is 13.8. The third kappa shape index (κ3) is 3.31. The van der Waals surface area contributed by atoms with Gasteiger partial charge in [0.25, 0.3) is 5.91 Å². The largest absolute Gasteiger partial charge is 0.493 e. The lowest BCUT2D eigenvalue weighted by Crippen LogP contribution is -2.43. The zero-order valence-corrected chi connectivity index (χ0v) is 16.3. The first-order valence-electron chi connectivity index (χ1n) is 9.67. The first-order valence-corrected chi connectivity index (χ1v) is 10.5. The predicted octanol–water partition coefficient (Wildman–Crippen LogP) is 2.96. The Balaban J connectivity index is 1.36. The second-order valence-corrected chi connectivity index (χ2v) is 8.13. The van der Waals surface area contributed by atoms with Crippen LogP contribution in [0.1, 0.15) is 28.4 Å². The summed E-state index contributed by atoms with van der Waals surface area (Å²) in [6.07, 6.45) is 0.776. The smallest absolute Gasteiger partial charge is 0.251 e. The number of nitrogens with zero attached hydrogens (tertiary/aromatic N) is 2. The number of para-hydroxylation sites is 1. The summed E-state index contributed by atoms with van der Waals surface area (Å²) in [6, 6.07) is 13.7. The highest BCUT2D eigenvalue weighted by Crippen LogP contribution is 2.33. The molecule has 5 rings (SSSR count). The molecule has 2 aromatic carbocycles. The van der Waals surface area contributed by atoms with E-state index < -0.39 is 0 Å². The molecular formula is C21H22N4O2S. The number of amides is 1. The average Bonchev–Trinajstić information content (AvgIpc) is 3.18. The molecule has 0 unspecified atom stereocenters. The Hall–Kier alpha value is -2.64. The number of piperazine rings is 1. The van der Waals surface area contributed by atoms with E-state index in [-0.39, 0.29) is 11.9 Å². The molecule has 7 heteroatoms. The van der Waals surface area contributed by atoms with Gasteiger partial charge in [0, 0.05) is 43.7 Å².